The summed E-state index contributed by atoms with van der Waals surface area (Å²) in [6.07, 6.45) is 0.298. The molecule has 3 amide bonds. The first-order valence-electron chi connectivity index (χ1n) is 10.8. The van der Waals surface area contributed by atoms with Gasteiger partial charge in [0, 0.05) is 7.05 Å². The Morgan fingerprint density at radius 2 is 1.73 bits per heavy atom. The van der Waals surface area contributed by atoms with Crippen molar-refractivity contribution in [2.75, 3.05) is 13.7 Å². The van der Waals surface area contributed by atoms with E-state index < -0.39 is 35.3 Å². The summed E-state index contributed by atoms with van der Waals surface area (Å²) in [4.78, 5) is 38.4. The molecule has 0 heterocycles. The summed E-state index contributed by atoms with van der Waals surface area (Å²) >= 11 is 0. The molecule has 4 N–H and O–H groups in total. The van der Waals surface area contributed by atoms with Crippen molar-refractivity contribution in [3.8, 4) is 0 Å². The quantitative estimate of drug-likeness (QED) is 0.249. The lowest BCUT2D eigenvalue weighted by Gasteiger charge is -2.32. The first-order chi connectivity index (χ1) is 15.6. The Kier molecular flexibility index (Phi) is 9.13. The predicted octanol–water partition coefficient (Wildman–Crippen LogP) is 2.35. The van der Waals surface area contributed by atoms with E-state index in [2.05, 4.69) is 17.2 Å². The number of hydrogen-bond donors (Lipinski definition) is 4. The second kappa shape index (κ2) is 11.6. The highest BCUT2D eigenvalue weighted by molar-refractivity contribution is 5.93. The van der Waals surface area contributed by atoms with Crippen LogP contribution in [0.2, 0.25) is 0 Å². The Bertz CT molecular complexity index is 999. The van der Waals surface area contributed by atoms with Gasteiger partial charge in [-0.1, -0.05) is 69.3 Å². The van der Waals surface area contributed by atoms with Crippen LogP contribution in [-0.2, 0) is 25.5 Å². The maximum atomic E-state index is 13.5. The molecule has 0 saturated carbocycles. The van der Waals surface area contributed by atoms with E-state index in [0.29, 0.717) is 0 Å². The van der Waals surface area contributed by atoms with Gasteiger partial charge in [0.25, 0.3) is 5.91 Å². The molecular weight excluding hydrogens is 422 g/mol. The van der Waals surface area contributed by atoms with E-state index in [1.54, 1.807) is 5.48 Å². The van der Waals surface area contributed by atoms with Crippen molar-refractivity contribution in [2.45, 2.75) is 39.3 Å². The molecule has 2 aromatic carbocycles. The number of carbonyl (C=O) groups excluding carboxylic acids is 3. The number of fused-ring (bicyclic) bond motifs is 1. The maximum Gasteiger partial charge on any atom is 0.273 e. The van der Waals surface area contributed by atoms with E-state index >= 15 is 0 Å². The zero-order chi connectivity index (χ0) is 24.6. The molecule has 2 rings (SSSR count). The number of likely N-dealkylation sites (N-methyl/N-ethyl adjacent to an activating group) is 1. The number of hydrogen-bond acceptors (Lipinski definition) is 5. The topological polar surface area (TPSA) is 117 Å². The molecule has 0 spiro atoms. The Balaban J connectivity index is 2.44. The van der Waals surface area contributed by atoms with Gasteiger partial charge in [-0.05, 0) is 28.2 Å². The molecule has 0 saturated heterocycles. The third-order valence-corrected chi connectivity index (χ3v) is 5.40. The normalized spacial score (nSPS) is 14.1. The van der Waals surface area contributed by atoms with Crippen molar-refractivity contribution in [1.82, 2.24) is 16.1 Å². The molecule has 0 bridgehead atoms. The van der Waals surface area contributed by atoms with Gasteiger partial charge in [-0.15, -0.1) is 6.58 Å². The molecule has 0 aliphatic carbocycles. The second-order valence-corrected chi connectivity index (χ2v) is 8.93. The number of ether oxygens (including phenoxy) is 1. The van der Waals surface area contributed by atoms with E-state index in [-0.39, 0.29) is 18.9 Å². The Morgan fingerprint density at radius 3 is 2.30 bits per heavy atom. The van der Waals surface area contributed by atoms with Crippen LogP contribution in [0.1, 0.15) is 26.3 Å². The maximum absolute atomic E-state index is 13.5. The molecule has 3 atom stereocenters. The van der Waals surface area contributed by atoms with Crippen LogP contribution in [-0.4, -0.2) is 48.7 Å². The third kappa shape index (κ3) is 6.87. The van der Waals surface area contributed by atoms with Crippen molar-refractivity contribution >= 4 is 28.5 Å². The predicted molar refractivity (Wildman–Crippen MR) is 126 cm³/mol. The minimum Gasteiger partial charge on any atom is -0.363 e. The number of benzene rings is 2. The lowest BCUT2D eigenvalue weighted by molar-refractivity contribution is -0.150. The van der Waals surface area contributed by atoms with Crippen LogP contribution in [0, 0.1) is 11.3 Å². The van der Waals surface area contributed by atoms with Gasteiger partial charge in [-0.3, -0.25) is 19.6 Å². The van der Waals surface area contributed by atoms with E-state index in [1.165, 1.54) is 13.1 Å². The molecule has 178 valence electrons. The Morgan fingerprint density at radius 1 is 1.06 bits per heavy atom. The molecule has 0 aromatic heterocycles. The largest absolute Gasteiger partial charge is 0.363 e. The molecule has 2 aromatic rings. The molecule has 0 unspecified atom stereocenters. The van der Waals surface area contributed by atoms with Crippen LogP contribution in [0.15, 0.2) is 55.1 Å². The van der Waals surface area contributed by atoms with Crippen LogP contribution in [0.25, 0.3) is 10.8 Å². The highest BCUT2D eigenvalue weighted by Gasteiger charge is 2.39. The standard InChI is InChI=1S/C25H33N3O5/c1-6-13-33-20(23(30)28-32)19(22(29)27-21(24(31)26-5)25(2,3)4)15-16-11-12-17-9-7-8-10-18(17)14-16/h6-12,14,19-21,32H,1,13,15H2,2-5H3,(H,26,31)(H,27,29)(H,28,30)/t19-,20+,21-/m1/s1. The lowest BCUT2D eigenvalue weighted by Crippen LogP contribution is -2.56. The number of nitrogens with one attached hydrogen (secondary N) is 3. The molecule has 0 fully saturated rings. The van der Waals surface area contributed by atoms with Crippen molar-refractivity contribution in [3.63, 3.8) is 0 Å². The molecule has 33 heavy (non-hydrogen) atoms. The van der Waals surface area contributed by atoms with Crippen molar-refractivity contribution in [3.05, 3.63) is 60.7 Å². The number of hydroxylamine groups is 1. The smallest absolute Gasteiger partial charge is 0.273 e. The van der Waals surface area contributed by atoms with E-state index in [4.69, 9.17) is 4.74 Å². The number of rotatable bonds is 10. The first kappa shape index (κ1) is 26.0. The average molecular weight is 456 g/mol. The highest BCUT2D eigenvalue weighted by atomic mass is 16.5. The Hall–Kier alpha value is -3.23. The summed E-state index contributed by atoms with van der Waals surface area (Å²) < 4.78 is 5.59. The number of amides is 3. The van der Waals surface area contributed by atoms with Gasteiger partial charge < -0.3 is 15.4 Å². The van der Waals surface area contributed by atoms with Gasteiger partial charge in [0.15, 0.2) is 6.10 Å². The van der Waals surface area contributed by atoms with Gasteiger partial charge in [0.1, 0.15) is 6.04 Å². The SMILES string of the molecule is C=CCO[C@H](C(=O)NO)[C@@H](Cc1ccc2ccccc2c1)C(=O)N[C@H](C(=O)NC)C(C)(C)C. The van der Waals surface area contributed by atoms with Crippen molar-refractivity contribution in [2.24, 2.45) is 11.3 Å². The summed E-state index contributed by atoms with van der Waals surface area (Å²) in [6, 6.07) is 12.7. The highest BCUT2D eigenvalue weighted by Crippen LogP contribution is 2.24. The first-order valence-corrected chi connectivity index (χ1v) is 10.8. The second-order valence-electron chi connectivity index (χ2n) is 8.93. The minimum absolute atomic E-state index is 0.00225. The van der Waals surface area contributed by atoms with Crippen LogP contribution < -0.4 is 16.1 Å². The molecule has 8 nitrogen and oxygen atoms in total. The van der Waals surface area contributed by atoms with E-state index in [9.17, 15) is 19.6 Å². The summed E-state index contributed by atoms with van der Waals surface area (Å²) in [5.74, 6) is -2.77. The van der Waals surface area contributed by atoms with Crippen LogP contribution >= 0.6 is 0 Å². The van der Waals surface area contributed by atoms with Gasteiger partial charge in [-0.25, -0.2) is 5.48 Å². The molecule has 8 heteroatoms. The van der Waals surface area contributed by atoms with Gasteiger partial charge >= 0.3 is 0 Å². The molecule has 0 radical (unpaired) electrons. The monoisotopic (exact) mass is 455 g/mol. The van der Waals surface area contributed by atoms with Gasteiger partial charge in [0.05, 0.1) is 12.5 Å². The number of carbonyl (C=O) groups is 3. The van der Waals surface area contributed by atoms with Crippen LogP contribution in [0.4, 0.5) is 0 Å². The summed E-state index contributed by atoms with van der Waals surface area (Å²) in [5, 5.41) is 16.7. The van der Waals surface area contributed by atoms with E-state index in [0.717, 1.165) is 16.3 Å². The third-order valence-electron chi connectivity index (χ3n) is 5.40. The minimum atomic E-state index is -1.30. The zero-order valence-electron chi connectivity index (χ0n) is 19.6. The summed E-state index contributed by atoms with van der Waals surface area (Å²) in [7, 11) is 1.50. The molecule has 0 aliphatic rings. The fourth-order valence-electron chi connectivity index (χ4n) is 3.64. The lowest BCUT2D eigenvalue weighted by atomic mass is 9.84. The Labute approximate surface area is 194 Å². The zero-order valence-corrected chi connectivity index (χ0v) is 19.6. The van der Waals surface area contributed by atoms with E-state index in [1.807, 2.05) is 63.2 Å². The fourth-order valence-corrected chi connectivity index (χ4v) is 3.64. The van der Waals surface area contributed by atoms with Gasteiger partial charge in [0.2, 0.25) is 11.8 Å². The summed E-state index contributed by atoms with van der Waals surface area (Å²) in [6.45, 7) is 9.07. The van der Waals surface area contributed by atoms with Crippen molar-refractivity contribution < 1.29 is 24.3 Å². The van der Waals surface area contributed by atoms with Crippen LogP contribution in [0.3, 0.4) is 0 Å². The van der Waals surface area contributed by atoms with Crippen molar-refractivity contribution in [1.29, 1.82) is 0 Å². The fraction of sp³-hybridized carbons (Fsp3) is 0.400. The van der Waals surface area contributed by atoms with Gasteiger partial charge in [-0.2, -0.15) is 0 Å². The average Bonchev–Trinajstić information content (AvgIpc) is 2.80. The molecule has 0 aliphatic heterocycles. The molecular formula is C25H33N3O5. The summed E-state index contributed by atoms with van der Waals surface area (Å²) in [5.41, 5.74) is 1.81. The van der Waals surface area contributed by atoms with Crippen LogP contribution in [0.5, 0.6) is 0 Å².